The van der Waals surface area contributed by atoms with Crippen molar-refractivity contribution in [3.05, 3.63) is 30.4 Å². The van der Waals surface area contributed by atoms with Crippen LogP contribution in [0.1, 0.15) is 10.5 Å². The van der Waals surface area contributed by atoms with Crippen LogP contribution in [0.2, 0.25) is 0 Å². The summed E-state index contributed by atoms with van der Waals surface area (Å²) in [5.74, 6) is -0.165. The molecule has 0 aliphatic heterocycles. The summed E-state index contributed by atoms with van der Waals surface area (Å²) in [5, 5.41) is 4.06. The molecule has 2 aromatic heterocycles. The van der Waals surface area contributed by atoms with Crippen molar-refractivity contribution in [1.29, 1.82) is 0 Å². The van der Waals surface area contributed by atoms with Crippen LogP contribution in [0.15, 0.2) is 24.7 Å². The first-order chi connectivity index (χ1) is 8.09. The summed E-state index contributed by atoms with van der Waals surface area (Å²) >= 11 is 0. The molecule has 2 rings (SSSR count). The second-order valence-corrected chi connectivity index (χ2v) is 3.83. The highest BCUT2D eigenvalue weighted by Gasteiger charge is 2.12. The number of hydrogen-bond acceptors (Lipinski definition) is 4. The summed E-state index contributed by atoms with van der Waals surface area (Å²) in [4.78, 5) is 21.5. The Labute approximate surface area is 98.9 Å². The molecule has 0 unspecified atom stereocenters. The number of aromatic nitrogens is 4. The highest BCUT2D eigenvalue weighted by Crippen LogP contribution is 2.14. The van der Waals surface area contributed by atoms with Gasteiger partial charge in [-0.05, 0) is 6.07 Å². The van der Waals surface area contributed by atoms with E-state index in [9.17, 15) is 4.79 Å². The third-order valence-electron chi connectivity index (χ3n) is 2.34. The van der Waals surface area contributed by atoms with Crippen LogP contribution < -0.4 is 0 Å². The van der Waals surface area contributed by atoms with Crippen molar-refractivity contribution in [2.24, 2.45) is 7.05 Å². The van der Waals surface area contributed by atoms with Gasteiger partial charge in [0.1, 0.15) is 11.4 Å². The summed E-state index contributed by atoms with van der Waals surface area (Å²) < 4.78 is 1.69. The van der Waals surface area contributed by atoms with Gasteiger partial charge < -0.3 is 4.90 Å². The highest BCUT2D eigenvalue weighted by atomic mass is 16.2. The maximum Gasteiger partial charge on any atom is 0.273 e. The van der Waals surface area contributed by atoms with Crippen molar-refractivity contribution in [2.45, 2.75) is 0 Å². The highest BCUT2D eigenvalue weighted by molar-refractivity contribution is 5.92. The lowest BCUT2D eigenvalue weighted by Gasteiger charge is -2.09. The summed E-state index contributed by atoms with van der Waals surface area (Å²) in [5.41, 5.74) is 1.79. The molecule has 0 aromatic carbocycles. The van der Waals surface area contributed by atoms with Gasteiger partial charge in [-0.15, -0.1) is 0 Å². The molecule has 1 amide bonds. The molecule has 0 saturated carbocycles. The molecule has 0 spiro atoms. The summed E-state index contributed by atoms with van der Waals surface area (Å²) in [6, 6.07) is 1.83. The van der Waals surface area contributed by atoms with Crippen molar-refractivity contribution in [1.82, 2.24) is 24.6 Å². The van der Waals surface area contributed by atoms with Crippen molar-refractivity contribution >= 4 is 5.91 Å². The number of carbonyl (C=O) groups is 1. The molecule has 0 fully saturated rings. The Kier molecular flexibility index (Phi) is 2.86. The number of rotatable bonds is 2. The van der Waals surface area contributed by atoms with Crippen LogP contribution in [-0.2, 0) is 7.05 Å². The fourth-order valence-corrected chi connectivity index (χ4v) is 1.45. The Morgan fingerprint density at radius 3 is 2.71 bits per heavy atom. The molecular formula is C11H13N5O. The van der Waals surface area contributed by atoms with Crippen LogP contribution in [-0.4, -0.2) is 44.7 Å². The molecule has 2 heterocycles. The number of hydrogen-bond donors (Lipinski definition) is 0. The second-order valence-electron chi connectivity index (χ2n) is 3.83. The van der Waals surface area contributed by atoms with E-state index < -0.39 is 0 Å². The first-order valence-electron chi connectivity index (χ1n) is 5.11. The van der Waals surface area contributed by atoms with Crippen molar-refractivity contribution in [3.63, 3.8) is 0 Å². The quantitative estimate of drug-likeness (QED) is 0.758. The lowest BCUT2D eigenvalue weighted by Crippen LogP contribution is -2.23. The number of carbonyl (C=O) groups excluding carboxylic acids is 1. The minimum atomic E-state index is -0.165. The Hall–Kier alpha value is -2.24. The van der Waals surface area contributed by atoms with E-state index in [1.165, 1.54) is 11.1 Å². The lowest BCUT2D eigenvalue weighted by molar-refractivity contribution is 0.0821. The van der Waals surface area contributed by atoms with E-state index in [0.29, 0.717) is 11.4 Å². The number of nitrogens with zero attached hydrogens (tertiary/aromatic N) is 5. The average molecular weight is 231 g/mol. The van der Waals surface area contributed by atoms with Crippen LogP contribution >= 0.6 is 0 Å². The molecule has 0 radical (unpaired) electrons. The molecule has 0 bridgehead atoms. The van der Waals surface area contributed by atoms with Gasteiger partial charge in [0.2, 0.25) is 0 Å². The molecule has 0 N–H and O–H groups in total. The monoisotopic (exact) mass is 231 g/mol. The van der Waals surface area contributed by atoms with Gasteiger partial charge >= 0.3 is 0 Å². The zero-order valence-electron chi connectivity index (χ0n) is 9.95. The van der Waals surface area contributed by atoms with E-state index in [0.717, 1.165) is 5.69 Å². The van der Waals surface area contributed by atoms with Crippen molar-refractivity contribution < 1.29 is 4.79 Å². The van der Waals surface area contributed by atoms with E-state index in [1.807, 2.05) is 13.1 Å². The van der Waals surface area contributed by atoms with E-state index in [4.69, 9.17) is 0 Å². The standard InChI is InChI=1S/C11H13N5O/c1-15(2)11(17)9-7-12-6-8(14-9)10-4-5-13-16(10)3/h4-7H,1-3H3. The third-order valence-corrected chi connectivity index (χ3v) is 2.34. The van der Waals surface area contributed by atoms with Crippen LogP contribution in [0.3, 0.4) is 0 Å². The predicted molar refractivity (Wildman–Crippen MR) is 62.3 cm³/mol. The Morgan fingerprint density at radius 1 is 1.35 bits per heavy atom. The van der Waals surface area contributed by atoms with Crippen molar-refractivity contribution in [2.75, 3.05) is 14.1 Å². The van der Waals surface area contributed by atoms with Crippen LogP contribution in [0, 0.1) is 0 Å². The van der Waals surface area contributed by atoms with E-state index in [-0.39, 0.29) is 5.91 Å². The first kappa shape index (κ1) is 11.3. The maximum absolute atomic E-state index is 11.8. The Morgan fingerprint density at radius 2 is 2.12 bits per heavy atom. The Bertz CT molecular complexity index is 546. The van der Waals surface area contributed by atoms with Gasteiger partial charge in [-0.25, -0.2) is 4.98 Å². The van der Waals surface area contributed by atoms with E-state index >= 15 is 0 Å². The lowest BCUT2D eigenvalue weighted by atomic mass is 10.3. The molecule has 0 aliphatic rings. The van der Waals surface area contributed by atoms with Crippen LogP contribution in [0.25, 0.3) is 11.4 Å². The SMILES string of the molecule is CN(C)C(=O)c1cncc(-c2ccnn2C)n1. The fraction of sp³-hybridized carbons (Fsp3) is 0.273. The summed E-state index contributed by atoms with van der Waals surface area (Å²) in [6.07, 6.45) is 4.75. The van der Waals surface area contributed by atoms with Gasteiger partial charge in [-0.1, -0.05) is 0 Å². The predicted octanol–water partition coefficient (Wildman–Crippen LogP) is 0.579. The smallest absolute Gasteiger partial charge is 0.273 e. The third kappa shape index (κ3) is 2.15. The van der Waals surface area contributed by atoms with Gasteiger partial charge in [-0.3, -0.25) is 14.5 Å². The number of amides is 1. The molecule has 0 aliphatic carbocycles. The molecule has 88 valence electrons. The second kappa shape index (κ2) is 4.32. The maximum atomic E-state index is 11.8. The molecule has 17 heavy (non-hydrogen) atoms. The topological polar surface area (TPSA) is 63.9 Å². The normalized spacial score (nSPS) is 10.3. The zero-order valence-corrected chi connectivity index (χ0v) is 9.95. The molecule has 6 heteroatoms. The summed E-state index contributed by atoms with van der Waals surface area (Å²) in [6.45, 7) is 0. The van der Waals surface area contributed by atoms with Gasteiger partial charge in [0.15, 0.2) is 0 Å². The molecular weight excluding hydrogens is 218 g/mol. The molecule has 0 atom stereocenters. The van der Waals surface area contributed by atoms with Gasteiger partial charge in [0.25, 0.3) is 5.91 Å². The van der Waals surface area contributed by atoms with E-state index in [1.54, 1.807) is 31.2 Å². The number of aryl methyl sites for hydroxylation is 1. The minimum absolute atomic E-state index is 0.165. The van der Waals surface area contributed by atoms with Crippen LogP contribution in [0.5, 0.6) is 0 Å². The fourth-order valence-electron chi connectivity index (χ4n) is 1.45. The zero-order chi connectivity index (χ0) is 12.4. The minimum Gasteiger partial charge on any atom is -0.343 e. The summed E-state index contributed by atoms with van der Waals surface area (Å²) in [7, 11) is 5.18. The van der Waals surface area contributed by atoms with Gasteiger partial charge in [0.05, 0.1) is 18.1 Å². The van der Waals surface area contributed by atoms with E-state index in [2.05, 4.69) is 15.1 Å². The molecule has 0 saturated heterocycles. The van der Waals surface area contributed by atoms with Gasteiger partial charge in [-0.2, -0.15) is 5.10 Å². The largest absolute Gasteiger partial charge is 0.343 e. The molecule has 6 nitrogen and oxygen atoms in total. The van der Waals surface area contributed by atoms with Crippen molar-refractivity contribution in [3.8, 4) is 11.4 Å². The average Bonchev–Trinajstić information content (AvgIpc) is 2.74. The first-order valence-corrected chi connectivity index (χ1v) is 5.11. The Balaban J connectivity index is 2.42. The van der Waals surface area contributed by atoms with Gasteiger partial charge in [0, 0.05) is 27.3 Å². The van der Waals surface area contributed by atoms with Crippen LogP contribution in [0.4, 0.5) is 0 Å². The molecule has 2 aromatic rings.